The lowest BCUT2D eigenvalue weighted by atomic mass is 10.2. The first-order valence-corrected chi connectivity index (χ1v) is 10.6. The summed E-state index contributed by atoms with van der Waals surface area (Å²) >= 11 is 2.72. The quantitative estimate of drug-likeness (QED) is 0.415. The monoisotopic (exact) mass is 402 g/mol. The molecule has 0 spiro atoms. The molecular formula is C20H19FN2O2S2. The molecule has 0 aliphatic carbocycles. The van der Waals surface area contributed by atoms with E-state index in [9.17, 15) is 14.0 Å². The zero-order valence-electron chi connectivity index (χ0n) is 14.7. The van der Waals surface area contributed by atoms with E-state index in [1.165, 1.54) is 29.1 Å². The van der Waals surface area contributed by atoms with Crippen molar-refractivity contribution in [3.63, 3.8) is 0 Å². The van der Waals surface area contributed by atoms with Crippen LogP contribution >= 0.6 is 23.1 Å². The van der Waals surface area contributed by atoms with E-state index < -0.39 is 0 Å². The van der Waals surface area contributed by atoms with Crippen LogP contribution in [0.4, 0.5) is 4.39 Å². The van der Waals surface area contributed by atoms with E-state index >= 15 is 0 Å². The molecule has 0 unspecified atom stereocenters. The molecular weight excluding hydrogens is 383 g/mol. The topological polar surface area (TPSA) is 44.0 Å². The Morgan fingerprint density at radius 2 is 1.37 bits per heavy atom. The molecule has 0 N–H and O–H groups in total. The Balaban J connectivity index is 1.29. The molecule has 2 aromatic carbocycles. The maximum atomic E-state index is 13.8. The minimum Gasteiger partial charge on any atom is -0.268 e. The van der Waals surface area contributed by atoms with Gasteiger partial charge in [0.05, 0.1) is 20.2 Å². The predicted molar refractivity (Wildman–Crippen MR) is 111 cm³/mol. The van der Waals surface area contributed by atoms with Crippen molar-refractivity contribution in [3.8, 4) is 0 Å². The Morgan fingerprint density at radius 3 is 2.07 bits per heavy atom. The highest BCUT2D eigenvalue weighted by molar-refractivity contribution is 7.14. The molecule has 4 rings (SSSR count). The summed E-state index contributed by atoms with van der Waals surface area (Å²) in [6.45, 7) is 1.34. The second-order valence-electron chi connectivity index (χ2n) is 6.52. The van der Waals surface area contributed by atoms with Crippen molar-refractivity contribution < 1.29 is 4.39 Å². The number of aryl methyl sites for hydroxylation is 2. The van der Waals surface area contributed by atoms with Gasteiger partial charge in [-0.3, -0.25) is 17.5 Å². The van der Waals surface area contributed by atoms with Crippen molar-refractivity contribution in [2.75, 3.05) is 0 Å². The van der Waals surface area contributed by atoms with Gasteiger partial charge in [-0.1, -0.05) is 54.1 Å². The summed E-state index contributed by atoms with van der Waals surface area (Å²) in [4.78, 5) is 24.6. The van der Waals surface area contributed by atoms with E-state index in [-0.39, 0.29) is 16.9 Å². The SMILES string of the molecule is O=c1c2ccccc2sn1CCCCCCn1sc2c(F)cccc2c1=O. The zero-order chi connectivity index (χ0) is 18.8. The Bertz CT molecular complexity index is 1200. The Hall–Kier alpha value is -2.25. The summed E-state index contributed by atoms with van der Waals surface area (Å²) < 4.78 is 18.7. The van der Waals surface area contributed by atoms with Crippen LogP contribution in [-0.2, 0) is 13.1 Å². The molecule has 0 saturated heterocycles. The fourth-order valence-electron chi connectivity index (χ4n) is 3.23. The minimum atomic E-state index is -0.331. The summed E-state index contributed by atoms with van der Waals surface area (Å²) in [5.41, 5.74) is -0.0132. The maximum Gasteiger partial charge on any atom is 0.268 e. The fourth-order valence-corrected chi connectivity index (χ4v) is 5.30. The van der Waals surface area contributed by atoms with E-state index in [4.69, 9.17) is 0 Å². The molecule has 4 aromatic rings. The third kappa shape index (κ3) is 3.61. The summed E-state index contributed by atoms with van der Waals surface area (Å²) in [6, 6.07) is 12.3. The van der Waals surface area contributed by atoms with Gasteiger partial charge in [0.25, 0.3) is 11.1 Å². The molecule has 0 aliphatic heterocycles. The van der Waals surface area contributed by atoms with Crippen LogP contribution in [0, 0.1) is 5.82 Å². The minimum absolute atomic E-state index is 0.0921. The number of nitrogens with zero attached hydrogens (tertiary/aromatic N) is 2. The third-order valence-corrected chi connectivity index (χ3v) is 6.94. The largest absolute Gasteiger partial charge is 0.268 e. The predicted octanol–water partition coefficient (Wildman–Crippen LogP) is 4.84. The average Bonchev–Trinajstić information content (AvgIpc) is 3.17. The van der Waals surface area contributed by atoms with Crippen molar-refractivity contribution in [1.29, 1.82) is 0 Å². The number of aromatic nitrogens is 2. The van der Waals surface area contributed by atoms with Gasteiger partial charge in [0.15, 0.2) is 0 Å². The van der Waals surface area contributed by atoms with Crippen molar-refractivity contribution in [2.45, 2.75) is 38.8 Å². The summed E-state index contributed by atoms with van der Waals surface area (Å²) in [5, 5.41) is 1.25. The summed E-state index contributed by atoms with van der Waals surface area (Å²) in [6.07, 6.45) is 3.77. The van der Waals surface area contributed by atoms with Gasteiger partial charge in [-0.25, -0.2) is 4.39 Å². The van der Waals surface area contributed by atoms with Gasteiger partial charge in [-0.2, -0.15) is 0 Å². The number of fused-ring (bicyclic) bond motifs is 2. The Morgan fingerprint density at radius 1 is 0.741 bits per heavy atom. The molecule has 0 amide bonds. The van der Waals surface area contributed by atoms with Gasteiger partial charge in [0.2, 0.25) is 0 Å². The molecule has 27 heavy (non-hydrogen) atoms. The second-order valence-corrected chi connectivity index (χ2v) is 8.62. The smallest absolute Gasteiger partial charge is 0.268 e. The molecule has 4 nitrogen and oxygen atoms in total. The van der Waals surface area contributed by atoms with Crippen molar-refractivity contribution in [3.05, 3.63) is 69.0 Å². The van der Waals surface area contributed by atoms with Crippen LogP contribution < -0.4 is 11.1 Å². The maximum absolute atomic E-state index is 13.8. The molecule has 7 heteroatoms. The summed E-state index contributed by atoms with van der Waals surface area (Å²) in [5.74, 6) is -0.331. The highest BCUT2D eigenvalue weighted by atomic mass is 32.1. The normalized spacial score (nSPS) is 11.6. The van der Waals surface area contributed by atoms with E-state index in [1.54, 1.807) is 16.1 Å². The Labute approximate surface area is 163 Å². The first-order valence-electron chi connectivity index (χ1n) is 9.02. The highest BCUT2D eigenvalue weighted by Gasteiger charge is 2.10. The third-order valence-electron chi connectivity index (χ3n) is 4.65. The number of halogens is 1. The van der Waals surface area contributed by atoms with Crippen LogP contribution in [0.15, 0.2) is 52.1 Å². The van der Waals surface area contributed by atoms with Gasteiger partial charge in [0.1, 0.15) is 5.82 Å². The van der Waals surface area contributed by atoms with Gasteiger partial charge >= 0.3 is 0 Å². The molecule has 2 aromatic heterocycles. The van der Waals surface area contributed by atoms with Gasteiger partial charge < -0.3 is 0 Å². The molecule has 2 heterocycles. The molecule has 0 fully saturated rings. The van der Waals surface area contributed by atoms with E-state index in [1.807, 2.05) is 28.2 Å². The standard InChI is InChI=1S/C20H19FN2O2S2/c21-16-10-7-9-15-18(16)27-23(20(15)25)13-6-2-1-5-12-22-19(24)14-8-3-4-11-17(14)26-22/h3-4,7-11H,1-2,5-6,12-13H2. The van der Waals surface area contributed by atoms with Crippen molar-refractivity contribution in [2.24, 2.45) is 0 Å². The molecule has 140 valence electrons. The molecule has 0 atom stereocenters. The lowest BCUT2D eigenvalue weighted by molar-refractivity contribution is 0.557. The highest BCUT2D eigenvalue weighted by Crippen LogP contribution is 2.21. The average molecular weight is 403 g/mol. The fraction of sp³-hybridized carbons (Fsp3) is 0.300. The zero-order valence-corrected chi connectivity index (χ0v) is 16.3. The lowest BCUT2D eigenvalue weighted by Crippen LogP contribution is -2.13. The number of benzene rings is 2. The van der Waals surface area contributed by atoms with E-state index in [0.717, 1.165) is 42.3 Å². The summed E-state index contributed by atoms with van der Waals surface area (Å²) in [7, 11) is 0. The lowest BCUT2D eigenvalue weighted by Gasteiger charge is -2.02. The second kappa shape index (κ2) is 7.78. The van der Waals surface area contributed by atoms with Crippen molar-refractivity contribution in [1.82, 2.24) is 7.91 Å². The first-order chi connectivity index (χ1) is 13.1. The number of hydrogen-bond donors (Lipinski definition) is 0. The van der Waals surface area contributed by atoms with Crippen LogP contribution in [-0.4, -0.2) is 7.91 Å². The van der Waals surface area contributed by atoms with E-state index in [0.29, 0.717) is 16.6 Å². The first kappa shape index (κ1) is 18.1. The molecule has 0 radical (unpaired) electrons. The van der Waals surface area contributed by atoms with E-state index in [2.05, 4.69) is 0 Å². The molecule has 0 aliphatic rings. The molecule has 0 bridgehead atoms. The number of hydrogen-bond acceptors (Lipinski definition) is 4. The van der Waals surface area contributed by atoms with Crippen LogP contribution in [0.5, 0.6) is 0 Å². The molecule has 0 saturated carbocycles. The number of rotatable bonds is 7. The van der Waals surface area contributed by atoms with Crippen molar-refractivity contribution >= 4 is 43.2 Å². The number of unbranched alkanes of at least 4 members (excludes halogenated alkanes) is 3. The Kier molecular flexibility index (Phi) is 5.22. The van der Waals surface area contributed by atoms with Gasteiger partial charge in [0, 0.05) is 13.1 Å². The van der Waals surface area contributed by atoms with Gasteiger partial charge in [-0.15, -0.1) is 0 Å². The van der Waals surface area contributed by atoms with Crippen LogP contribution in [0.25, 0.3) is 20.2 Å². The van der Waals surface area contributed by atoms with Crippen LogP contribution in [0.1, 0.15) is 25.7 Å². The van der Waals surface area contributed by atoms with Gasteiger partial charge in [-0.05, 0) is 37.1 Å². The van der Waals surface area contributed by atoms with Crippen LogP contribution in [0.2, 0.25) is 0 Å². The van der Waals surface area contributed by atoms with Crippen LogP contribution in [0.3, 0.4) is 0 Å².